The highest BCUT2D eigenvalue weighted by Gasteiger charge is 2.22. The Morgan fingerprint density at radius 2 is 1.59 bits per heavy atom. The summed E-state index contributed by atoms with van der Waals surface area (Å²) >= 11 is 7.19. The number of fused-ring (bicyclic) bond motifs is 1. The smallest absolute Gasteiger partial charge is 0.0998 e. The summed E-state index contributed by atoms with van der Waals surface area (Å²) in [5, 5.41) is 16.4. The highest BCUT2D eigenvalue weighted by Crippen LogP contribution is 2.33. The second-order valence-corrected chi connectivity index (χ2v) is 8.62. The standard InChI is InChI=1S/C22H19Br2N3/c23-18-11-16(12-19(24)13-18)15-26-9-3-4-10-27(26)22-8-7-17(14-25)20-5-1-2-6-21(20)22/h1-2,5-8,11-13H,3-4,9-10,15H2. The van der Waals surface area contributed by atoms with Crippen LogP contribution in [0.3, 0.4) is 0 Å². The van der Waals surface area contributed by atoms with Crippen LogP contribution in [0.5, 0.6) is 0 Å². The SMILES string of the molecule is N#Cc1ccc(N2CCCCN2Cc2cc(Br)cc(Br)c2)c2ccccc12. The van der Waals surface area contributed by atoms with Crippen molar-refractivity contribution in [3.8, 4) is 6.07 Å². The van der Waals surface area contributed by atoms with Gasteiger partial charge >= 0.3 is 0 Å². The largest absolute Gasteiger partial charge is 0.305 e. The van der Waals surface area contributed by atoms with Gasteiger partial charge in [-0.25, -0.2) is 5.01 Å². The first-order chi connectivity index (χ1) is 13.2. The average Bonchev–Trinajstić information content (AvgIpc) is 2.67. The molecule has 0 spiro atoms. The Labute approximate surface area is 176 Å². The van der Waals surface area contributed by atoms with Crippen LogP contribution in [0.4, 0.5) is 5.69 Å². The normalized spacial score (nSPS) is 15.1. The van der Waals surface area contributed by atoms with Gasteiger partial charge in [-0.15, -0.1) is 0 Å². The Bertz CT molecular complexity index is 1010. The zero-order valence-electron chi connectivity index (χ0n) is 14.8. The number of anilines is 1. The second-order valence-electron chi connectivity index (χ2n) is 6.79. The quantitative estimate of drug-likeness (QED) is 0.439. The van der Waals surface area contributed by atoms with Crippen LogP contribution in [0, 0.1) is 11.3 Å². The van der Waals surface area contributed by atoms with E-state index in [1.54, 1.807) is 0 Å². The van der Waals surface area contributed by atoms with Crippen LogP contribution in [0.2, 0.25) is 0 Å². The fraction of sp³-hybridized carbons (Fsp3) is 0.227. The minimum absolute atomic E-state index is 0.730. The van der Waals surface area contributed by atoms with Gasteiger partial charge in [0.1, 0.15) is 0 Å². The molecule has 0 radical (unpaired) electrons. The minimum Gasteiger partial charge on any atom is -0.305 e. The predicted molar refractivity (Wildman–Crippen MR) is 117 cm³/mol. The topological polar surface area (TPSA) is 30.3 Å². The fourth-order valence-electron chi connectivity index (χ4n) is 3.77. The Morgan fingerprint density at radius 3 is 2.33 bits per heavy atom. The maximum absolute atomic E-state index is 9.45. The van der Waals surface area contributed by atoms with Gasteiger partial charge in [0.15, 0.2) is 0 Å². The fourth-order valence-corrected chi connectivity index (χ4v) is 5.16. The maximum Gasteiger partial charge on any atom is 0.0998 e. The summed E-state index contributed by atoms with van der Waals surface area (Å²) in [7, 11) is 0. The van der Waals surface area contributed by atoms with Crippen molar-refractivity contribution in [3.05, 3.63) is 74.7 Å². The molecule has 136 valence electrons. The number of hydrazine groups is 1. The zero-order valence-corrected chi connectivity index (χ0v) is 18.0. The molecule has 0 saturated carbocycles. The van der Waals surface area contributed by atoms with Crippen LogP contribution in [0.25, 0.3) is 10.8 Å². The monoisotopic (exact) mass is 483 g/mol. The lowest BCUT2D eigenvalue weighted by Crippen LogP contribution is -2.47. The lowest BCUT2D eigenvalue weighted by Gasteiger charge is -2.41. The molecule has 1 heterocycles. The van der Waals surface area contributed by atoms with E-state index in [2.05, 4.69) is 78.3 Å². The van der Waals surface area contributed by atoms with Crippen LogP contribution in [0.15, 0.2) is 63.5 Å². The third kappa shape index (κ3) is 3.89. The number of benzene rings is 3. The highest BCUT2D eigenvalue weighted by atomic mass is 79.9. The van der Waals surface area contributed by atoms with Crippen molar-refractivity contribution in [2.75, 3.05) is 18.1 Å². The predicted octanol–water partition coefficient (Wildman–Crippen LogP) is 6.25. The zero-order chi connectivity index (χ0) is 18.8. The molecule has 1 aliphatic rings. The first-order valence-electron chi connectivity index (χ1n) is 9.05. The van der Waals surface area contributed by atoms with Gasteiger partial charge in [0.25, 0.3) is 0 Å². The number of halogens is 2. The summed E-state index contributed by atoms with van der Waals surface area (Å²) < 4.78 is 2.17. The Kier molecular flexibility index (Phi) is 5.49. The third-order valence-electron chi connectivity index (χ3n) is 4.96. The molecule has 0 bridgehead atoms. The third-order valence-corrected chi connectivity index (χ3v) is 5.88. The van der Waals surface area contributed by atoms with E-state index < -0.39 is 0 Å². The Balaban J connectivity index is 1.73. The first kappa shape index (κ1) is 18.5. The summed E-state index contributed by atoms with van der Waals surface area (Å²) in [6, 6.07) is 21.0. The summed E-state index contributed by atoms with van der Waals surface area (Å²) in [4.78, 5) is 0. The molecular weight excluding hydrogens is 466 g/mol. The van der Waals surface area contributed by atoms with Crippen LogP contribution >= 0.6 is 31.9 Å². The van der Waals surface area contributed by atoms with Gasteiger partial charge in [0.05, 0.1) is 17.3 Å². The van der Waals surface area contributed by atoms with E-state index in [9.17, 15) is 5.26 Å². The van der Waals surface area contributed by atoms with Gasteiger partial charge in [-0.3, -0.25) is 0 Å². The van der Waals surface area contributed by atoms with Gasteiger partial charge in [-0.1, -0.05) is 56.1 Å². The van der Waals surface area contributed by atoms with Crippen LogP contribution < -0.4 is 5.01 Å². The summed E-state index contributed by atoms with van der Waals surface area (Å²) in [5.74, 6) is 0. The van der Waals surface area contributed by atoms with Crippen LogP contribution in [-0.2, 0) is 6.54 Å². The summed E-state index contributed by atoms with van der Waals surface area (Å²) in [6.45, 7) is 2.87. The van der Waals surface area contributed by atoms with E-state index >= 15 is 0 Å². The Morgan fingerprint density at radius 1 is 0.889 bits per heavy atom. The van der Waals surface area contributed by atoms with Gasteiger partial charge < -0.3 is 5.01 Å². The molecule has 0 aliphatic carbocycles. The molecule has 1 fully saturated rings. The molecule has 27 heavy (non-hydrogen) atoms. The molecule has 0 unspecified atom stereocenters. The summed E-state index contributed by atoms with van der Waals surface area (Å²) in [5.41, 5.74) is 3.17. The number of rotatable bonds is 3. The Hall–Kier alpha value is -1.87. The highest BCUT2D eigenvalue weighted by molar-refractivity contribution is 9.11. The summed E-state index contributed by atoms with van der Waals surface area (Å²) in [6.07, 6.45) is 2.37. The lowest BCUT2D eigenvalue weighted by atomic mass is 10.0. The van der Waals surface area contributed by atoms with Gasteiger partial charge in [0.2, 0.25) is 0 Å². The van der Waals surface area contributed by atoms with E-state index in [4.69, 9.17) is 0 Å². The van der Waals surface area contributed by atoms with Crippen molar-refractivity contribution in [3.63, 3.8) is 0 Å². The van der Waals surface area contributed by atoms with Gasteiger partial charge in [-0.2, -0.15) is 5.26 Å². The average molecular weight is 485 g/mol. The van der Waals surface area contributed by atoms with E-state index in [0.29, 0.717) is 0 Å². The van der Waals surface area contributed by atoms with Crippen molar-refractivity contribution in [1.82, 2.24) is 5.01 Å². The number of hydrogen-bond donors (Lipinski definition) is 0. The maximum atomic E-state index is 9.45. The van der Waals surface area contributed by atoms with Gasteiger partial charge in [-0.05, 0) is 48.7 Å². The molecule has 5 heteroatoms. The van der Waals surface area contributed by atoms with E-state index in [-0.39, 0.29) is 0 Å². The van der Waals surface area contributed by atoms with E-state index in [1.165, 1.54) is 24.1 Å². The molecule has 1 aliphatic heterocycles. The molecule has 0 aromatic heterocycles. The van der Waals surface area contributed by atoms with Crippen molar-refractivity contribution >= 4 is 48.3 Å². The molecular formula is C22H19Br2N3. The number of nitriles is 1. The van der Waals surface area contributed by atoms with Crippen molar-refractivity contribution in [2.24, 2.45) is 0 Å². The number of hydrogen-bond acceptors (Lipinski definition) is 3. The second kappa shape index (κ2) is 8.02. The van der Waals surface area contributed by atoms with E-state index in [0.717, 1.165) is 44.9 Å². The molecule has 1 saturated heterocycles. The van der Waals surface area contributed by atoms with Gasteiger partial charge in [0, 0.05) is 39.4 Å². The van der Waals surface area contributed by atoms with Crippen LogP contribution in [0.1, 0.15) is 24.0 Å². The molecule has 0 amide bonds. The van der Waals surface area contributed by atoms with Crippen molar-refractivity contribution < 1.29 is 0 Å². The first-order valence-corrected chi connectivity index (χ1v) is 10.6. The molecule has 0 N–H and O–H groups in total. The molecule has 0 atom stereocenters. The van der Waals surface area contributed by atoms with Crippen molar-refractivity contribution in [1.29, 1.82) is 5.26 Å². The molecule has 3 aromatic carbocycles. The van der Waals surface area contributed by atoms with Crippen molar-refractivity contribution in [2.45, 2.75) is 19.4 Å². The van der Waals surface area contributed by atoms with E-state index in [1.807, 2.05) is 24.3 Å². The lowest BCUT2D eigenvalue weighted by molar-refractivity contribution is 0.205. The van der Waals surface area contributed by atoms with Crippen LogP contribution in [-0.4, -0.2) is 18.1 Å². The minimum atomic E-state index is 0.730. The molecule has 3 aromatic rings. The number of nitrogens with zero attached hydrogens (tertiary/aromatic N) is 3. The molecule has 4 rings (SSSR count). The molecule has 3 nitrogen and oxygen atoms in total.